The van der Waals surface area contributed by atoms with E-state index in [1.165, 1.54) is 43.4 Å². The number of pyridine rings is 1. The van der Waals surface area contributed by atoms with Crippen molar-refractivity contribution in [1.82, 2.24) is 19.9 Å². The maximum Gasteiger partial charge on any atom is 0.277 e. The summed E-state index contributed by atoms with van der Waals surface area (Å²) in [7, 11) is 0. The van der Waals surface area contributed by atoms with Crippen LogP contribution >= 0.6 is 0 Å². The van der Waals surface area contributed by atoms with Gasteiger partial charge in [0, 0.05) is 13.1 Å². The molecule has 1 aliphatic heterocycles. The number of likely N-dealkylation sites (tertiary alicyclic amines) is 1. The number of aromatic amines is 1. The van der Waals surface area contributed by atoms with E-state index in [4.69, 9.17) is 0 Å². The Balaban J connectivity index is 1.40. The van der Waals surface area contributed by atoms with Crippen LogP contribution in [0.15, 0.2) is 47.5 Å². The van der Waals surface area contributed by atoms with Crippen molar-refractivity contribution in [2.45, 2.75) is 25.9 Å². The molecular weight excluding hydrogens is 314 g/mol. The van der Waals surface area contributed by atoms with Gasteiger partial charge in [-0.3, -0.25) is 9.69 Å². The molecule has 0 amide bonds. The van der Waals surface area contributed by atoms with Gasteiger partial charge in [-0.1, -0.05) is 24.3 Å². The molecule has 6 nitrogen and oxygen atoms in total. The number of fused-ring (bicyclic) bond motifs is 1. The molecular formula is C19H21N5O. The fourth-order valence-corrected chi connectivity index (χ4v) is 3.20. The Bertz CT molecular complexity index is 913. The molecule has 0 spiro atoms. The normalized spacial score (nSPS) is 14.9. The zero-order chi connectivity index (χ0) is 17.1. The van der Waals surface area contributed by atoms with E-state index in [1.807, 2.05) is 6.07 Å². The van der Waals surface area contributed by atoms with E-state index in [1.54, 1.807) is 6.07 Å². The standard InChI is InChI=1S/C19H21N5O/c25-19-18-16(21-13-22-19)7-8-17(23-18)20-11-14-3-5-15(6-4-14)12-24-9-1-2-10-24/h3-8,13H,1-2,9-12H2,(H,20,23)(H,21,22,25). The third kappa shape index (κ3) is 3.69. The van der Waals surface area contributed by atoms with Crippen LogP contribution in [-0.4, -0.2) is 32.9 Å². The van der Waals surface area contributed by atoms with Gasteiger partial charge in [0.1, 0.15) is 5.82 Å². The van der Waals surface area contributed by atoms with Gasteiger partial charge in [0.15, 0.2) is 5.52 Å². The lowest BCUT2D eigenvalue weighted by molar-refractivity contribution is 0.331. The van der Waals surface area contributed by atoms with Crippen LogP contribution in [-0.2, 0) is 13.1 Å². The summed E-state index contributed by atoms with van der Waals surface area (Å²) < 4.78 is 0. The van der Waals surface area contributed by atoms with E-state index in [-0.39, 0.29) is 5.56 Å². The molecule has 0 saturated carbocycles. The topological polar surface area (TPSA) is 73.9 Å². The highest BCUT2D eigenvalue weighted by Crippen LogP contribution is 2.14. The van der Waals surface area contributed by atoms with Gasteiger partial charge in [-0.15, -0.1) is 0 Å². The van der Waals surface area contributed by atoms with Gasteiger partial charge >= 0.3 is 0 Å². The summed E-state index contributed by atoms with van der Waals surface area (Å²) in [6, 6.07) is 12.3. The van der Waals surface area contributed by atoms with Gasteiger partial charge in [0.25, 0.3) is 5.56 Å². The molecule has 0 atom stereocenters. The predicted octanol–water partition coefficient (Wildman–Crippen LogP) is 2.53. The van der Waals surface area contributed by atoms with Gasteiger partial charge in [-0.25, -0.2) is 9.97 Å². The highest BCUT2D eigenvalue weighted by molar-refractivity contribution is 5.74. The molecule has 4 rings (SSSR count). The van der Waals surface area contributed by atoms with E-state index < -0.39 is 0 Å². The van der Waals surface area contributed by atoms with Crippen molar-refractivity contribution in [1.29, 1.82) is 0 Å². The number of rotatable bonds is 5. The molecule has 3 heterocycles. The maximum atomic E-state index is 11.8. The van der Waals surface area contributed by atoms with Gasteiger partial charge in [-0.2, -0.15) is 0 Å². The number of nitrogens with zero attached hydrogens (tertiary/aromatic N) is 3. The third-order valence-electron chi connectivity index (χ3n) is 4.59. The lowest BCUT2D eigenvalue weighted by Gasteiger charge is -2.14. The van der Waals surface area contributed by atoms with Crippen molar-refractivity contribution in [3.63, 3.8) is 0 Å². The second-order valence-corrected chi connectivity index (χ2v) is 6.45. The van der Waals surface area contributed by atoms with Crippen LogP contribution in [0.25, 0.3) is 11.0 Å². The fourth-order valence-electron chi connectivity index (χ4n) is 3.20. The van der Waals surface area contributed by atoms with Gasteiger partial charge < -0.3 is 10.3 Å². The first-order valence-corrected chi connectivity index (χ1v) is 8.66. The second-order valence-electron chi connectivity index (χ2n) is 6.45. The first-order valence-electron chi connectivity index (χ1n) is 8.66. The van der Waals surface area contributed by atoms with Crippen LogP contribution in [0.1, 0.15) is 24.0 Å². The number of benzene rings is 1. The van der Waals surface area contributed by atoms with E-state index in [2.05, 4.69) is 49.4 Å². The molecule has 2 aromatic heterocycles. The number of hydrogen-bond donors (Lipinski definition) is 2. The largest absolute Gasteiger partial charge is 0.366 e. The molecule has 128 valence electrons. The Morgan fingerprint density at radius 2 is 1.80 bits per heavy atom. The highest BCUT2D eigenvalue weighted by Gasteiger charge is 2.11. The molecule has 1 aliphatic rings. The van der Waals surface area contributed by atoms with E-state index in [0.717, 1.165) is 6.54 Å². The fraction of sp³-hybridized carbons (Fsp3) is 0.316. The Labute approximate surface area is 145 Å². The molecule has 25 heavy (non-hydrogen) atoms. The van der Waals surface area contributed by atoms with Crippen LogP contribution in [0.2, 0.25) is 0 Å². The average molecular weight is 335 g/mol. The molecule has 0 unspecified atom stereocenters. The number of anilines is 1. The minimum absolute atomic E-state index is 0.222. The molecule has 1 saturated heterocycles. The van der Waals surface area contributed by atoms with E-state index in [0.29, 0.717) is 23.4 Å². The van der Waals surface area contributed by atoms with Crippen molar-refractivity contribution in [3.8, 4) is 0 Å². The van der Waals surface area contributed by atoms with Crippen molar-refractivity contribution in [2.24, 2.45) is 0 Å². The van der Waals surface area contributed by atoms with Gasteiger partial charge in [-0.05, 0) is 49.2 Å². The first kappa shape index (κ1) is 15.8. The van der Waals surface area contributed by atoms with Crippen molar-refractivity contribution >= 4 is 16.9 Å². The average Bonchev–Trinajstić information content (AvgIpc) is 3.15. The van der Waals surface area contributed by atoms with E-state index in [9.17, 15) is 4.79 Å². The molecule has 0 radical (unpaired) electrons. The molecule has 6 heteroatoms. The first-order chi connectivity index (χ1) is 12.3. The number of aromatic nitrogens is 3. The molecule has 0 bridgehead atoms. The van der Waals surface area contributed by atoms with E-state index >= 15 is 0 Å². The summed E-state index contributed by atoms with van der Waals surface area (Å²) in [5.74, 6) is 0.673. The number of H-pyrrole nitrogens is 1. The lowest BCUT2D eigenvalue weighted by Crippen LogP contribution is -2.18. The van der Waals surface area contributed by atoms with Crippen molar-refractivity contribution in [2.75, 3.05) is 18.4 Å². The maximum absolute atomic E-state index is 11.8. The summed E-state index contributed by atoms with van der Waals surface area (Å²) in [6.45, 7) is 4.13. The quantitative estimate of drug-likeness (QED) is 0.749. The Morgan fingerprint density at radius 3 is 2.60 bits per heavy atom. The highest BCUT2D eigenvalue weighted by atomic mass is 16.1. The Kier molecular flexibility index (Phi) is 4.43. The zero-order valence-corrected chi connectivity index (χ0v) is 14.0. The number of nitrogens with one attached hydrogen (secondary N) is 2. The minimum Gasteiger partial charge on any atom is -0.366 e. The summed E-state index contributed by atoms with van der Waals surface area (Å²) >= 11 is 0. The number of hydrogen-bond acceptors (Lipinski definition) is 5. The molecule has 1 aromatic carbocycles. The van der Waals surface area contributed by atoms with Gasteiger partial charge in [0.05, 0.1) is 11.8 Å². The minimum atomic E-state index is -0.222. The zero-order valence-electron chi connectivity index (χ0n) is 14.0. The smallest absolute Gasteiger partial charge is 0.277 e. The third-order valence-corrected chi connectivity index (χ3v) is 4.59. The molecule has 1 fully saturated rings. The van der Waals surface area contributed by atoms with Gasteiger partial charge in [0.2, 0.25) is 0 Å². The van der Waals surface area contributed by atoms with Crippen molar-refractivity contribution in [3.05, 3.63) is 64.2 Å². The second kappa shape index (κ2) is 7.03. The van der Waals surface area contributed by atoms with Crippen LogP contribution in [0.3, 0.4) is 0 Å². The Morgan fingerprint density at radius 1 is 1.04 bits per heavy atom. The summed E-state index contributed by atoms with van der Waals surface area (Å²) in [6.07, 6.45) is 4.03. The molecule has 0 aliphatic carbocycles. The van der Waals surface area contributed by atoms with Crippen LogP contribution in [0.5, 0.6) is 0 Å². The SMILES string of the molecule is O=c1[nH]cnc2ccc(NCc3ccc(CN4CCCC4)cc3)nc12. The van der Waals surface area contributed by atoms with Crippen LogP contribution in [0.4, 0.5) is 5.82 Å². The molecule has 2 N–H and O–H groups in total. The molecule has 3 aromatic rings. The summed E-state index contributed by atoms with van der Waals surface area (Å²) in [4.78, 5) is 25.3. The van der Waals surface area contributed by atoms with Crippen molar-refractivity contribution < 1.29 is 0 Å². The predicted molar refractivity (Wildman–Crippen MR) is 98.4 cm³/mol. The van der Waals surface area contributed by atoms with Crippen LogP contribution in [0, 0.1) is 0 Å². The summed E-state index contributed by atoms with van der Waals surface area (Å²) in [5.41, 5.74) is 3.27. The lowest BCUT2D eigenvalue weighted by atomic mass is 10.1. The monoisotopic (exact) mass is 335 g/mol. The Hall–Kier alpha value is -2.73. The summed E-state index contributed by atoms with van der Waals surface area (Å²) in [5, 5.41) is 3.27. The van der Waals surface area contributed by atoms with Crippen LogP contribution < -0.4 is 10.9 Å².